The molecule has 2 saturated heterocycles. The van der Waals surface area contributed by atoms with Crippen molar-refractivity contribution in [3.63, 3.8) is 0 Å². The molecule has 2 fully saturated rings. The number of likely N-dealkylation sites (tertiary alicyclic amines) is 1. The molecule has 2 aromatic carbocycles. The number of nitrogens with one attached hydrogen (secondary N) is 2. The lowest BCUT2D eigenvalue weighted by Gasteiger charge is -2.41. The van der Waals surface area contributed by atoms with Crippen molar-refractivity contribution in [1.82, 2.24) is 15.5 Å². The Bertz CT molecular complexity index is 1540. The Hall–Kier alpha value is -3.72. The summed E-state index contributed by atoms with van der Waals surface area (Å²) in [7, 11) is -4.42. The van der Waals surface area contributed by atoms with E-state index in [0.717, 1.165) is 40.7 Å². The number of anilines is 1. The van der Waals surface area contributed by atoms with Crippen molar-refractivity contribution in [2.24, 2.45) is 0 Å². The molecule has 0 saturated carbocycles. The number of alkyl halides is 3. The maximum Gasteiger partial charge on any atom is 0.421 e. The number of hydrogen-bond acceptors (Lipinski definition) is 6. The zero-order chi connectivity index (χ0) is 30.7. The third kappa shape index (κ3) is 5.08. The number of urea groups is 1. The summed E-state index contributed by atoms with van der Waals surface area (Å²) in [6.07, 6.45) is -4.72. The number of sulfonamides is 1. The highest BCUT2D eigenvalue weighted by Crippen LogP contribution is 2.43. The largest absolute Gasteiger partial charge is 0.421 e. The summed E-state index contributed by atoms with van der Waals surface area (Å²) in [6, 6.07) is 5.79. The number of piperidine rings is 1. The van der Waals surface area contributed by atoms with Gasteiger partial charge in [-0.1, -0.05) is 12.1 Å². The van der Waals surface area contributed by atoms with Crippen molar-refractivity contribution < 1.29 is 45.5 Å². The smallest absolute Gasteiger partial charge is 0.376 e. The molecule has 3 aliphatic rings. The standard InChI is InChI=1S/C27H28F4N4O6S/c1-25(39,27(29,30)31)17-3-9-21-16(14-17)2-6-19(35(21)42(40,41)20-7-4-18(28)5-8-20)15-22(36)34-12-10-26(11-13-34)23(37)32-24(38)33-26/h3-5,7-9,14,19,39H,2,6,10-13,15H2,1H3,(H2,32,33,37,38)/t19-,25?/m0/s1. The molecule has 5 rings (SSSR count). The van der Waals surface area contributed by atoms with E-state index in [2.05, 4.69) is 10.6 Å². The van der Waals surface area contributed by atoms with Gasteiger partial charge >= 0.3 is 12.2 Å². The highest BCUT2D eigenvalue weighted by Gasteiger charge is 2.52. The lowest BCUT2D eigenvalue weighted by molar-refractivity contribution is -0.258. The van der Waals surface area contributed by atoms with E-state index >= 15 is 0 Å². The fourth-order valence-corrected chi connectivity index (χ4v) is 7.40. The van der Waals surface area contributed by atoms with Crippen LogP contribution in [0.5, 0.6) is 0 Å². The van der Waals surface area contributed by atoms with Gasteiger partial charge in [-0.2, -0.15) is 13.2 Å². The SMILES string of the molecule is CC(O)(c1ccc2c(c1)CC[C@@H](CC(=O)N1CCC3(CC1)NC(=O)NC3=O)N2S(=O)(=O)c1ccc(F)cc1)C(F)(F)F. The number of hydrogen-bond donors (Lipinski definition) is 3. The van der Waals surface area contributed by atoms with E-state index in [1.807, 2.05) is 0 Å². The Morgan fingerprint density at radius 1 is 1.10 bits per heavy atom. The summed E-state index contributed by atoms with van der Waals surface area (Å²) in [5, 5.41) is 15.0. The molecule has 2 atom stereocenters. The predicted molar refractivity (Wildman–Crippen MR) is 140 cm³/mol. The first-order chi connectivity index (χ1) is 19.5. The normalized spacial score (nSPS) is 21.9. The van der Waals surface area contributed by atoms with E-state index < -0.39 is 62.6 Å². The lowest BCUT2D eigenvalue weighted by atomic mass is 9.87. The van der Waals surface area contributed by atoms with Gasteiger partial charge in [-0.3, -0.25) is 19.2 Å². The number of imide groups is 1. The van der Waals surface area contributed by atoms with Gasteiger partial charge in [0.1, 0.15) is 11.4 Å². The van der Waals surface area contributed by atoms with Crippen LogP contribution >= 0.6 is 0 Å². The van der Waals surface area contributed by atoms with Crippen LogP contribution in [0.3, 0.4) is 0 Å². The molecule has 3 aliphatic heterocycles. The Labute approximate surface area is 238 Å². The van der Waals surface area contributed by atoms with E-state index in [1.165, 1.54) is 11.0 Å². The molecular formula is C27H28F4N4O6S. The van der Waals surface area contributed by atoms with Crippen LogP contribution in [0.15, 0.2) is 47.4 Å². The number of carbonyl (C=O) groups excluding carboxylic acids is 3. The molecule has 0 bridgehead atoms. The molecule has 4 amide bonds. The van der Waals surface area contributed by atoms with Crippen molar-refractivity contribution in [3.05, 3.63) is 59.4 Å². The van der Waals surface area contributed by atoms with Crippen LogP contribution in [-0.2, 0) is 31.6 Å². The number of amides is 4. The Balaban J connectivity index is 1.45. The fraction of sp³-hybridized carbons (Fsp3) is 0.444. The van der Waals surface area contributed by atoms with Crippen molar-refractivity contribution in [2.45, 2.75) is 67.3 Å². The third-order valence-electron chi connectivity index (χ3n) is 8.27. The summed E-state index contributed by atoms with van der Waals surface area (Å²) in [5.74, 6) is -1.54. The van der Waals surface area contributed by atoms with Crippen molar-refractivity contribution in [2.75, 3.05) is 17.4 Å². The predicted octanol–water partition coefficient (Wildman–Crippen LogP) is 2.70. The molecule has 3 heterocycles. The van der Waals surface area contributed by atoms with Gasteiger partial charge in [-0.05, 0) is 74.1 Å². The number of benzene rings is 2. The zero-order valence-corrected chi connectivity index (χ0v) is 23.2. The minimum absolute atomic E-state index is 0.0491. The summed E-state index contributed by atoms with van der Waals surface area (Å²) in [5.41, 5.74) is -4.48. The topological polar surface area (TPSA) is 136 Å². The molecule has 226 valence electrons. The summed E-state index contributed by atoms with van der Waals surface area (Å²) in [6.45, 7) is 0.877. The van der Waals surface area contributed by atoms with Crippen LogP contribution < -0.4 is 14.9 Å². The molecule has 0 aliphatic carbocycles. The summed E-state index contributed by atoms with van der Waals surface area (Å²) >= 11 is 0. The Morgan fingerprint density at radius 3 is 2.31 bits per heavy atom. The first-order valence-electron chi connectivity index (χ1n) is 13.2. The lowest BCUT2D eigenvalue weighted by Crippen LogP contribution is -2.56. The third-order valence-corrected chi connectivity index (χ3v) is 10.2. The van der Waals surface area contributed by atoms with Gasteiger partial charge < -0.3 is 15.3 Å². The number of rotatable bonds is 5. The molecule has 2 aromatic rings. The molecule has 1 unspecified atom stereocenters. The molecule has 3 N–H and O–H groups in total. The van der Waals surface area contributed by atoms with Gasteiger partial charge in [0.2, 0.25) is 5.91 Å². The van der Waals surface area contributed by atoms with Crippen LogP contribution in [0.4, 0.5) is 28.0 Å². The highest BCUT2D eigenvalue weighted by molar-refractivity contribution is 7.92. The quantitative estimate of drug-likeness (QED) is 0.351. The summed E-state index contributed by atoms with van der Waals surface area (Å²) < 4.78 is 82.9. The molecule has 1 spiro atoms. The van der Waals surface area contributed by atoms with Crippen LogP contribution in [0, 0.1) is 5.82 Å². The van der Waals surface area contributed by atoms with Crippen molar-refractivity contribution >= 4 is 33.6 Å². The van der Waals surface area contributed by atoms with Crippen LogP contribution in [0.1, 0.15) is 43.7 Å². The van der Waals surface area contributed by atoms with Crippen LogP contribution in [-0.4, -0.2) is 67.1 Å². The average molecular weight is 613 g/mol. The molecule has 0 aromatic heterocycles. The molecule has 42 heavy (non-hydrogen) atoms. The average Bonchev–Trinajstić information content (AvgIpc) is 3.19. The molecule has 0 radical (unpaired) electrons. The van der Waals surface area contributed by atoms with E-state index in [-0.39, 0.29) is 61.3 Å². The number of halogens is 4. The van der Waals surface area contributed by atoms with E-state index in [4.69, 9.17) is 0 Å². The Morgan fingerprint density at radius 2 is 1.74 bits per heavy atom. The van der Waals surface area contributed by atoms with E-state index in [0.29, 0.717) is 6.92 Å². The second-order valence-electron chi connectivity index (χ2n) is 10.9. The van der Waals surface area contributed by atoms with Crippen LogP contribution in [0.2, 0.25) is 0 Å². The number of carbonyl (C=O) groups is 3. The minimum Gasteiger partial charge on any atom is -0.376 e. The zero-order valence-electron chi connectivity index (χ0n) is 22.4. The van der Waals surface area contributed by atoms with Gasteiger partial charge in [0, 0.05) is 19.5 Å². The van der Waals surface area contributed by atoms with Gasteiger partial charge in [0.05, 0.1) is 16.6 Å². The highest BCUT2D eigenvalue weighted by atomic mass is 32.2. The monoisotopic (exact) mass is 612 g/mol. The second kappa shape index (κ2) is 10.2. The number of nitrogens with zero attached hydrogens (tertiary/aromatic N) is 2. The number of aliphatic hydroxyl groups is 1. The van der Waals surface area contributed by atoms with Gasteiger partial charge in [0.15, 0.2) is 5.60 Å². The molecular weight excluding hydrogens is 584 g/mol. The fourth-order valence-electron chi connectivity index (χ4n) is 5.68. The van der Waals surface area contributed by atoms with Crippen LogP contribution in [0.25, 0.3) is 0 Å². The van der Waals surface area contributed by atoms with Crippen molar-refractivity contribution in [1.29, 1.82) is 0 Å². The van der Waals surface area contributed by atoms with E-state index in [1.54, 1.807) is 0 Å². The second-order valence-corrected chi connectivity index (χ2v) is 12.8. The van der Waals surface area contributed by atoms with Gasteiger partial charge in [-0.25, -0.2) is 17.6 Å². The maximum absolute atomic E-state index is 13.9. The maximum atomic E-state index is 13.9. The van der Waals surface area contributed by atoms with E-state index in [9.17, 15) is 45.5 Å². The first-order valence-corrected chi connectivity index (χ1v) is 14.6. The number of aryl methyl sites for hydroxylation is 1. The number of fused-ring (bicyclic) bond motifs is 1. The summed E-state index contributed by atoms with van der Waals surface area (Å²) in [4.78, 5) is 38.5. The van der Waals surface area contributed by atoms with Gasteiger partial charge in [-0.15, -0.1) is 0 Å². The van der Waals surface area contributed by atoms with Crippen molar-refractivity contribution in [3.8, 4) is 0 Å². The van der Waals surface area contributed by atoms with Gasteiger partial charge in [0.25, 0.3) is 15.9 Å². The molecule has 15 heteroatoms. The minimum atomic E-state index is -4.99. The molecule has 10 nitrogen and oxygen atoms in total. The first kappa shape index (κ1) is 29.8. The Kier molecular flexibility index (Phi) is 7.24.